The van der Waals surface area contributed by atoms with E-state index in [0.717, 1.165) is 12.1 Å². The highest BCUT2D eigenvalue weighted by molar-refractivity contribution is 6.32. The maximum absolute atomic E-state index is 13.3. The smallest absolute Gasteiger partial charge is 0.412 e. The van der Waals surface area contributed by atoms with E-state index >= 15 is 0 Å². The number of carbonyl (C=O) groups is 1. The highest BCUT2D eigenvalue weighted by Crippen LogP contribution is 2.29. The van der Waals surface area contributed by atoms with Gasteiger partial charge in [-0.2, -0.15) is 0 Å². The number of anilines is 1. The van der Waals surface area contributed by atoms with Crippen molar-refractivity contribution in [1.82, 2.24) is 0 Å². The van der Waals surface area contributed by atoms with Crippen molar-refractivity contribution in [3.8, 4) is 5.75 Å². The third-order valence-corrected chi connectivity index (χ3v) is 1.97. The Balaban J connectivity index is 2.82. The van der Waals surface area contributed by atoms with Gasteiger partial charge in [-0.15, -0.1) is 0 Å². The summed E-state index contributed by atoms with van der Waals surface area (Å²) in [5.41, 5.74) is -0.830. The Morgan fingerprint density at radius 2 is 2.06 bits per heavy atom. The minimum absolute atomic E-state index is 0.0579. The summed E-state index contributed by atoms with van der Waals surface area (Å²) in [5, 5.41) is 11.3. The highest BCUT2D eigenvalue weighted by Gasteiger charge is 2.18. The number of halogens is 2. The van der Waals surface area contributed by atoms with E-state index in [9.17, 15) is 9.18 Å². The molecule has 0 saturated carbocycles. The molecule has 0 heterocycles. The van der Waals surface area contributed by atoms with Crippen LogP contribution in [-0.2, 0) is 4.74 Å². The maximum atomic E-state index is 13.3. The van der Waals surface area contributed by atoms with Crippen LogP contribution in [0.5, 0.6) is 5.75 Å². The fourth-order valence-electron chi connectivity index (χ4n) is 1.05. The minimum atomic E-state index is -0.794. The van der Waals surface area contributed by atoms with Crippen molar-refractivity contribution < 1.29 is 19.0 Å². The van der Waals surface area contributed by atoms with Gasteiger partial charge in [0.25, 0.3) is 0 Å². The molecule has 1 amide bonds. The number of hydrogen-bond acceptors (Lipinski definition) is 3. The normalized spacial score (nSPS) is 11.1. The van der Waals surface area contributed by atoms with Crippen molar-refractivity contribution in [2.45, 2.75) is 26.4 Å². The van der Waals surface area contributed by atoms with Crippen molar-refractivity contribution >= 4 is 23.4 Å². The van der Waals surface area contributed by atoms with Crippen LogP contribution < -0.4 is 5.32 Å². The molecule has 1 aromatic rings. The summed E-state index contributed by atoms with van der Waals surface area (Å²) in [6.07, 6.45) is -0.793. The van der Waals surface area contributed by atoms with Crippen molar-refractivity contribution in [2.75, 3.05) is 5.32 Å². The molecule has 0 saturated heterocycles. The van der Waals surface area contributed by atoms with Crippen LogP contribution in [0.4, 0.5) is 14.9 Å². The summed E-state index contributed by atoms with van der Waals surface area (Å²) < 4.78 is 18.3. The van der Waals surface area contributed by atoms with Crippen molar-refractivity contribution in [3.05, 3.63) is 23.0 Å². The predicted molar refractivity (Wildman–Crippen MR) is 62.9 cm³/mol. The number of phenolic OH excluding ortho intramolecular Hbond substituents is 1. The molecule has 94 valence electrons. The van der Waals surface area contributed by atoms with Gasteiger partial charge in [-0.3, -0.25) is 5.32 Å². The molecule has 2 N–H and O–H groups in total. The Morgan fingerprint density at radius 3 is 2.59 bits per heavy atom. The summed E-state index contributed by atoms with van der Waals surface area (Å²) in [7, 11) is 0. The lowest BCUT2D eigenvalue weighted by Gasteiger charge is -2.19. The van der Waals surface area contributed by atoms with E-state index in [1.165, 1.54) is 0 Å². The molecule has 0 aromatic heterocycles. The zero-order valence-electron chi connectivity index (χ0n) is 9.67. The number of aromatic hydroxyl groups is 1. The predicted octanol–water partition coefficient (Wildman–Crippen LogP) is 3.53. The van der Waals surface area contributed by atoms with Crippen LogP contribution >= 0.6 is 11.6 Å². The van der Waals surface area contributed by atoms with Gasteiger partial charge in [-0.25, -0.2) is 9.18 Å². The first-order chi connectivity index (χ1) is 7.69. The first-order valence-corrected chi connectivity index (χ1v) is 5.25. The van der Waals surface area contributed by atoms with Gasteiger partial charge >= 0.3 is 6.09 Å². The van der Waals surface area contributed by atoms with Crippen LogP contribution in [0.25, 0.3) is 0 Å². The molecule has 0 spiro atoms. The van der Waals surface area contributed by atoms with E-state index in [2.05, 4.69) is 5.32 Å². The molecule has 0 bridgehead atoms. The molecular weight excluding hydrogens is 249 g/mol. The molecule has 0 atom stereocenters. The van der Waals surface area contributed by atoms with E-state index in [1.807, 2.05) is 0 Å². The zero-order chi connectivity index (χ0) is 13.2. The highest BCUT2D eigenvalue weighted by atomic mass is 35.5. The third-order valence-electron chi connectivity index (χ3n) is 1.67. The Labute approximate surface area is 103 Å². The van der Waals surface area contributed by atoms with Gasteiger partial charge in [-0.05, 0) is 26.8 Å². The molecular formula is C11H13ClFNO3. The number of ether oxygens (including phenoxy) is 1. The second-order valence-corrected chi connectivity index (χ2v) is 4.82. The molecule has 0 unspecified atom stereocenters. The van der Waals surface area contributed by atoms with E-state index in [4.69, 9.17) is 21.4 Å². The number of amides is 1. The van der Waals surface area contributed by atoms with E-state index in [-0.39, 0.29) is 16.5 Å². The molecule has 1 aromatic carbocycles. The van der Waals surface area contributed by atoms with Gasteiger partial charge in [0.1, 0.15) is 11.4 Å². The van der Waals surface area contributed by atoms with Crippen LogP contribution in [0.3, 0.4) is 0 Å². The number of carbonyl (C=O) groups excluding carboxylic acids is 1. The molecule has 0 aliphatic carbocycles. The number of benzene rings is 1. The number of nitrogens with one attached hydrogen (secondary N) is 1. The Kier molecular flexibility index (Phi) is 3.83. The second kappa shape index (κ2) is 4.79. The molecule has 0 aliphatic rings. The Morgan fingerprint density at radius 1 is 1.47 bits per heavy atom. The topological polar surface area (TPSA) is 58.6 Å². The standard InChI is InChI=1S/C11H13ClFNO3/c1-11(2,3)17-10(16)14-8-4-6(12)9(15)5-7(8)13/h4-5,15H,1-3H3,(H,14,16). The SMILES string of the molecule is CC(C)(C)OC(=O)Nc1cc(Cl)c(O)cc1F. The van der Waals surface area contributed by atoms with Gasteiger partial charge in [0.15, 0.2) is 5.82 Å². The van der Waals surface area contributed by atoms with Gasteiger partial charge in [0.2, 0.25) is 0 Å². The average molecular weight is 262 g/mol. The number of hydrogen-bond donors (Lipinski definition) is 2. The molecule has 1 rings (SSSR count). The first kappa shape index (κ1) is 13.6. The maximum Gasteiger partial charge on any atom is 0.412 e. The molecule has 0 radical (unpaired) electrons. The number of rotatable bonds is 1. The summed E-state index contributed by atoms with van der Waals surface area (Å²) in [4.78, 5) is 11.4. The number of phenols is 1. The van der Waals surface area contributed by atoms with Gasteiger partial charge in [0, 0.05) is 6.07 Å². The second-order valence-electron chi connectivity index (χ2n) is 4.41. The lowest BCUT2D eigenvalue weighted by molar-refractivity contribution is 0.0635. The van der Waals surface area contributed by atoms with Gasteiger partial charge in [-0.1, -0.05) is 11.6 Å². The minimum Gasteiger partial charge on any atom is -0.506 e. The van der Waals surface area contributed by atoms with Crippen LogP contribution in [0.15, 0.2) is 12.1 Å². The van der Waals surface area contributed by atoms with E-state index < -0.39 is 17.5 Å². The fourth-order valence-corrected chi connectivity index (χ4v) is 1.21. The molecule has 0 aliphatic heterocycles. The first-order valence-electron chi connectivity index (χ1n) is 4.87. The monoisotopic (exact) mass is 261 g/mol. The lowest BCUT2D eigenvalue weighted by Crippen LogP contribution is -2.27. The molecule has 0 fully saturated rings. The Hall–Kier alpha value is -1.49. The zero-order valence-corrected chi connectivity index (χ0v) is 10.4. The van der Waals surface area contributed by atoms with E-state index in [1.54, 1.807) is 20.8 Å². The molecule has 4 nitrogen and oxygen atoms in total. The Bertz CT molecular complexity index is 443. The fraction of sp³-hybridized carbons (Fsp3) is 0.364. The molecule has 6 heteroatoms. The average Bonchev–Trinajstić information content (AvgIpc) is 2.11. The molecule has 17 heavy (non-hydrogen) atoms. The third kappa shape index (κ3) is 4.11. The summed E-state index contributed by atoms with van der Waals surface area (Å²) in [6, 6.07) is 1.92. The van der Waals surface area contributed by atoms with Crippen LogP contribution in [0.1, 0.15) is 20.8 Å². The van der Waals surface area contributed by atoms with Crippen LogP contribution in [0, 0.1) is 5.82 Å². The summed E-state index contributed by atoms with van der Waals surface area (Å²) in [5.74, 6) is -1.18. The largest absolute Gasteiger partial charge is 0.506 e. The summed E-state index contributed by atoms with van der Waals surface area (Å²) >= 11 is 5.59. The summed E-state index contributed by atoms with van der Waals surface area (Å²) in [6.45, 7) is 5.06. The van der Waals surface area contributed by atoms with Crippen LogP contribution in [0.2, 0.25) is 5.02 Å². The van der Waals surface area contributed by atoms with E-state index in [0.29, 0.717) is 0 Å². The lowest BCUT2D eigenvalue weighted by atomic mass is 10.2. The van der Waals surface area contributed by atoms with Crippen molar-refractivity contribution in [1.29, 1.82) is 0 Å². The quantitative estimate of drug-likeness (QED) is 0.760. The van der Waals surface area contributed by atoms with Crippen molar-refractivity contribution in [3.63, 3.8) is 0 Å². The van der Waals surface area contributed by atoms with Crippen LogP contribution in [-0.4, -0.2) is 16.8 Å². The van der Waals surface area contributed by atoms with Crippen molar-refractivity contribution in [2.24, 2.45) is 0 Å². The van der Waals surface area contributed by atoms with Gasteiger partial charge < -0.3 is 9.84 Å². The van der Waals surface area contributed by atoms with Gasteiger partial charge in [0.05, 0.1) is 10.7 Å².